The van der Waals surface area contributed by atoms with Gasteiger partial charge in [0.15, 0.2) is 0 Å². The maximum atomic E-state index is 13.8. The zero-order valence-corrected chi connectivity index (χ0v) is 15.5. The van der Waals surface area contributed by atoms with Gasteiger partial charge < -0.3 is 9.79 Å². The molecule has 0 aliphatic rings. The van der Waals surface area contributed by atoms with E-state index in [1.807, 2.05) is 0 Å². The van der Waals surface area contributed by atoms with Gasteiger partial charge in [-0.3, -0.25) is 4.57 Å². The third-order valence-electron chi connectivity index (χ3n) is 3.18. The van der Waals surface area contributed by atoms with Crippen LogP contribution in [0.25, 0.3) is 0 Å². The van der Waals surface area contributed by atoms with Crippen LogP contribution >= 0.6 is 47.8 Å². The van der Waals surface area contributed by atoms with Crippen molar-refractivity contribution in [3.05, 3.63) is 68.7 Å². The molecule has 9 heteroatoms. The van der Waals surface area contributed by atoms with Crippen LogP contribution in [0.1, 0.15) is 21.9 Å². The summed E-state index contributed by atoms with van der Waals surface area (Å²) < 4.78 is 38.5. The first kappa shape index (κ1) is 18.9. The molecule has 0 saturated heterocycles. The number of hydrogen-bond donors (Lipinski definition) is 3. The molecule has 1 unspecified atom stereocenters. The molecule has 2 N–H and O–H groups in total. The molecule has 0 aliphatic heterocycles. The van der Waals surface area contributed by atoms with Crippen LogP contribution in [0.5, 0.6) is 0 Å². The van der Waals surface area contributed by atoms with E-state index in [0.29, 0.717) is 10.6 Å². The van der Waals surface area contributed by atoms with Crippen LogP contribution < -0.4 is 0 Å². The Morgan fingerprint density at radius 1 is 1.13 bits per heavy atom. The van der Waals surface area contributed by atoms with Crippen LogP contribution in [0.2, 0.25) is 5.02 Å². The Kier molecular flexibility index (Phi) is 5.61. The summed E-state index contributed by atoms with van der Waals surface area (Å²) in [5.41, 5.74) is -3.64. The summed E-state index contributed by atoms with van der Waals surface area (Å²) in [4.78, 5) is 17.6. The summed E-state index contributed by atoms with van der Waals surface area (Å²) in [6.07, 6.45) is 0. The van der Waals surface area contributed by atoms with Gasteiger partial charge in [0.25, 0.3) is 0 Å². The maximum Gasteiger partial charge on any atom is 0.399 e. The second-order valence-corrected chi connectivity index (χ2v) is 8.24. The molecule has 2 aromatic carbocycles. The van der Waals surface area contributed by atoms with Gasteiger partial charge in [0.1, 0.15) is 0 Å². The summed E-state index contributed by atoms with van der Waals surface area (Å²) >= 11 is 13.2. The highest BCUT2D eigenvalue weighted by atomic mass is 79.9. The minimum Gasteiger partial charge on any atom is -0.320 e. The SMILES string of the molecule is O=P(O)(O)C(F)(F)c1ccc(C(S)c2ccc(Cl)cc2)cc1Br. The van der Waals surface area contributed by atoms with Gasteiger partial charge in [-0.1, -0.05) is 51.8 Å². The van der Waals surface area contributed by atoms with E-state index in [0.717, 1.165) is 11.6 Å². The minimum absolute atomic E-state index is 0.101. The van der Waals surface area contributed by atoms with E-state index in [9.17, 15) is 13.3 Å². The lowest BCUT2D eigenvalue weighted by Gasteiger charge is -2.20. The number of halogens is 4. The first-order valence-electron chi connectivity index (χ1n) is 6.21. The Labute approximate surface area is 150 Å². The number of rotatable bonds is 4. The lowest BCUT2D eigenvalue weighted by atomic mass is 10.0. The van der Waals surface area contributed by atoms with Crippen LogP contribution in [-0.2, 0) is 10.2 Å². The molecule has 0 radical (unpaired) electrons. The number of thiol groups is 1. The van der Waals surface area contributed by atoms with Crippen molar-refractivity contribution < 1.29 is 23.1 Å². The van der Waals surface area contributed by atoms with Crippen molar-refractivity contribution in [3.8, 4) is 0 Å². The second-order valence-electron chi connectivity index (χ2n) is 4.78. The third kappa shape index (κ3) is 3.98. The first-order valence-corrected chi connectivity index (χ1v) is 9.51. The maximum absolute atomic E-state index is 13.8. The summed E-state index contributed by atoms with van der Waals surface area (Å²) in [7, 11) is -5.62. The standard InChI is InChI=1S/C14H11BrClF2O3PS/c15-12-7-9(13(23)8-1-4-10(16)5-2-8)3-6-11(12)14(17,18)22(19,20)21/h1-7,13,23H,(H2,19,20,21). The number of alkyl halides is 2. The molecule has 3 nitrogen and oxygen atoms in total. The molecule has 0 amide bonds. The number of benzene rings is 2. The molecule has 0 bridgehead atoms. The molecule has 124 valence electrons. The Morgan fingerprint density at radius 3 is 2.13 bits per heavy atom. The topological polar surface area (TPSA) is 57.5 Å². The van der Waals surface area contributed by atoms with Crippen molar-refractivity contribution >= 4 is 47.8 Å². The molecule has 1 atom stereocenters. The quantitative estimate of drug-likeness (QED) is 0.441. The predicted octanol–water partition coefficient (Wildman–Crippen LogP) is 5.35. The smallest absolute Gasteiger partial charge is 0.320 e. The fourth-order valence-electron chi connectivity index (χ4n) is 1.94. The van der Waals surface area contributed by atoms with Crippen molar-refractivity contribution in [2.45, 2.75) is 10.9 Å². The summed E-state index contributed by atoms with van der Waals surface area (Å²) in [6.45, 7) is 0. The molecule has 0 saturated carbocycles. The van der Waals surface area contributed by atoms with E-state index < -0.39 is 24.1 Å². The van der Waals surface area contributed by atoms with Crippen molar-refractivity contribution in [1.29, 1.82) is 0 Å². The molecular formula is C14H11BrClF2O3PS. The second kappa shape index (κ2) is 6.82. The molecule has 0 aliphatic carbocycles. The van der Waals surface area contributed by atoms with Gasteiger partial charge in [0, 0.05) is 15.1 Å². The van der Waals surface area contributed by atoms with E-state index in [1.54, 1.807) is 24.3 Å². The molecule has 0 aromatic heterocycles. The lowest BCUT2D eigenvalue weighted by Crippen LogP contribution is -2.14. The van der Waals surface area contributed by atoms with E-state index in [1.165, 1.54) is 12.1 Å². The van der Waals surface area contributed by atoms with Crippen molar-refractivity contribution in [2.24, 2.45) is 0 Å². The molecule has 0 fully saturated rings. The van der Waals surface area contributed by atoms with Gasteiger partial charge in [-0.15, -0.1) is 0 Å². The van der Waals surface area contributed by atoms with Gasteiger partial charge >= 0.3 is 13.3 Å². The first-order chi connectivity index (χ1) is 10.5. The van der Waals surface area contributed by atoms with Gasteiger partial charge in [0.2, 0.25) is 0 Å². The zero-order valence-electron chi connectivity index (χ0n) is 11.3. The molecule has 23 heavy (non-hydrogen) atoms. The van der Waals surface area contributed by atoms with Gasteiger partial charge in [-0.2, -0.15) is 21.4 Å². The fraction of sp³-hybridized carbons (Fsp3) is 0.143. The Balaban J connectivity index is 2.40. The fourth-order valence-corrected chi connectivity index (χ4v) is 3.71. The normalized spacial score (nSPS) is 13.9. The van der Waals surface area contributed by atoms with Crippen molar-refractivity contribution in [1.82, 2.24) is 0 Å². The van der Waals surface area contributed by atoms with Crippen LogP contribution in [-0.4, -0.2) is 9.79 Å². The minimum atomic E-state index is -5.62. The average Bonchev–Trinajstić information content (AvgIpc) is 2.45. The third-order valence-corrected chi connectivity index (χ3v) is 5.66. The van der Waals surface area contributed by atoms with E-state index in [-0.39, 0.29) is 4.47 Å². The Hall–Kier alpha value is -0.430. The monoisotopic (exact) mass is 442 g/mol. The molecule has 0 heterocycles. The van der Waals surface area contributed by atoms with Crippen LogP contribution in [0.15, 0.2) is 46.9 Å². The van der Waals surface area contributed by atoms with E-state index >= 15 is 0 Å². The Morgan fingerprint density at radius 2 is 1.65 bits per heavy atom. The van der Waals surface area contributed by atoms with E-state index in [2.05, 4.69) is 28.6 Å². The van der Waals surface area contributed by atoms with Crippen LogP contribution in [0.3, 0.4) is 0 Å². The van der Waals surface area contributed by atoms with Crippen LogP contribution in [0, 0.1) is 0 Å². The van der Waals surface area contributed by atoms with Crippen LogP contribution in [0.4, 0.5) is 8.78 Å². The highest BCUT2D eigenvalue weighted by molar-refractivity contribution is 9.10. The zero-order chi connectivity index (χ0) is 17.4. The molecule has 2 rings (SSSR count). The highest BCUT2D eigenvalue weighted by Crippen LogP contribution is 2.60. The summed E-state index contributed by atoms with van der Waals surface area (Å²) in [6, 6.07) is 10.6. The summed E-state index contributed by atoms with van der Waals surface area (Å²) in [5, 5.41) is 0.161. The molecular weight excluding hydrogens is 433 g/mol. The lowest BCUT2D eigenvalue weighted by molar-refractivity contribution is 0.0557. The predicted molar refractivity (Wildman–Crippen MR) is 92.4 cm³/mol. The van der Waals surface area contributed by atoms with Gasteiger partial charge in [-0.25, -0.2) is 0 Å². The average molecular weight is 444 g/mol. The largest absolute Gasteiger partial charge is 0.399 e. The number of hydrogen-bond acceptors (Lipinski definition) is 2. The Bertz CT molecular complexity index is 767. The highest BCUT2D eigenvalue weighted by Gasteiger charge is 2.51. The van der Waals surface area contributed by atoms with Gasteiger partial charge in [0.05, 0.1) is 5.25 Å². The molecule has 0 spiro atoms. The van der Waals surface area contributed by atoms with Crippen molar-refractivity contribution in [3.63, 3.8) is 0 Å². The van der Waals surface area contributed by atoms with Gasteiger partial charge in [-0.05, 0) is 29.3 Å². The van der Waals surface area contributed by atoms with Crippen molar-refractivity contribution in [2.75, 3.05) is 0 Å². The summed E-state index contributed by atoms with van der Waals surface area (Å²) in [5.74, 6) is 0. The van der Waals surface area contributed by atoms with E-state index in [4.69, 9.17) is 21.4 Å². The molecule has 2 aromatic rings.